The van der Waals surface area contributed by atoms with Gasteiger partial charge < -0.3 is 20.5 Å². The van der Waals surface area contributed by atoms with Crippen LogP contribution in [-0.4, -0.2) is 72.7 Å². The maximum Gasteiger partial charge on any atom is 0.339 e. The first-order chi connectivity index (χ1) is 30.7. The Labute approximate surface area is 389 Å². The average Bonchev–Trinajstić information content (AvgIpc) is 3.81. The highest BCUT2D eigenvalue weighted by Crippen LogP contribution is 2.33. The normalized spacial score (nSPS) is 10.8. The van der Waals surface area contributed by atoms with Gasteiger partial charge in [0, 0.05) is 70.8 Å². The number of benzene rings is 2. The molecule has 0 aliphatic rings. The summed E-state index contributed by atoms with van der Waals surface area (Å²) in [7, 11) is 0. The minimum Gasteiger partial charge on any atom is -0.478 e. The third kappa shape index (κ3) is 10.3. The minimum atomic E-state index is -1.13. The van der Waals surface area contributed by atoms with E-state index in [2.05, 4.69) is 50.5 Å². The van der Waals surface area contributed by atoms with Crippen molar-refractivity contribution in [3.05, 3.63) is 152 Å². The van der Waals surface area contributed by atoms with Crippen LogP contribution in [0.4, 0.5) is 32.1 Å². The highest BCUT2D eigenvalue weighted by atomic mass is 35.5. The lowest BCUT2D eigenvalue weighted by atomic mass is 10.1. The van der Waals surface area contributed by atoms with Crippen molar-refractivity contribution in [3.63, 3.8) is 0 Å². The molecule has 0 atom stereocenters. The van der Waals surface area contributed by atoms with E-state index in [1.807, 2.05) is 0 Å². The number of aromatic nitrogens is 10. The van der Waals surface area contributed by atoms with Gasteiger partial charge in [0.15, 0.2) is 32.2 Å². The first-order valence-electron chi connectivity index (χ1n) is 18.0. The van der Waals surface area contributed by atoms with Crippen LogP contribution in [-0.2, 0) is 4.74 Å². The average molecular weight is 987 g/mol. The molecule has 8 aromatic rings. The Morgan fingerprint density at radius 2 is 1.09 bits per heavy atom. The molecule has 0 spiro atoms. The molecule has 324 valence electrons. The Kier molecular flexibility index (Phi) is 14.1. The zero-order chi connectivity index (χ0) is 45.7. The molecule has 64 heavy (non-hydrogen) atoms. The number of hydrogen-bond donors (Lipinski definition) is 3. The summed E-state index contributed by atoms with van der Waals surface area (Å²) in [6, 6.07) is 11.2. The molecular weight excluding hydrogens is 963 g/mol. The Morgan fingerprint density at radius 1 is 0.641 bits per heavy atom. The van der Waals surface area contributed by atoms with Gasteiger partial charge in [-0.1, -0.05) is 69.6 Å². The van der Waals surface area contributed by atoms with Gasteiger partial charge in [0.2, 0.25) is 11.9 Å². The molecular formula is C40H24Cl6F2N12O4. The number of esters is 1. The number of halogens is 8. The van der Waals surface area contributed by atoms with Crippen LogP contribution in [0.15, 0.2) is 98.4 Å². The second-order valence-corrected chi connectivity index (χ2v) is 15.0. The van der Waals surface area contributed by atoms with Gasteiger partial charge in [-0.2, -0.15) is 9.97 Å². The highest BCUT2D eigenvalue weighted by molar-refractivity contribution is 6.41. The number of hydrogen-bond acceptors (Lipinski definition) is 13. The van der Waals surface area contributed by atoms with Crippen LogP contribution in [0.3, 0.4) is 0 Å². The van der Waals surface area contributed by atoms with E-state index in [1.54, 1.807) is 19.2 Å². The second kappa shape index (κ2) is 19.9. The number of carboxylic acid groups (broad SMARTS) is 1. The van der Waals surface area contributed by atoms with Crippen molar-refractivity contribution in [1.82, 2.24) is 49.0 Å². The Balaban J connectivity index is 0.000000192. The number of nitrogens with zero attached hydrogens (tertiary/aromatic N) is 10. The molecule has 2 aromatic carbocycles. The fraction of sp³-hybridized carbons (Fsp3) is 0.0500. The van der Waals surface area contributed by atoms with E-state index in [9.17, 15) is 23.5 Å². The monoisotopic (exact) mass is 984 g/mol. The zero-order valence-electron chi connectivity index (χ0n) is 32.1. The van der Waals surface area contributed by atoms with Crippen LogP contribution < -0.4 is 10.6 Å². The standard InChI is InChI=1S/C21H14Cl3FN6O2.C19H10Cl3FN6O2/c1-2-33-20(32)12-5-11(7-26-8-12)14-9-27-21(29-13-3-4-16(25)15(22)6-13)30-19(14)31-10-28-17(23)18(31)24;20-13-4-11(1-2-14(13)23)27-19-25-7-12(9-3-10(18(30)31)6-24-5-9)17(28-19)29-8-26-15(21)16(29)22/h3-10H,2H2,1H3,(H,27,29,30);1-8H,(H,30,31)(H,25,27,28). The summed E-state index contributed by atoms with van der Waals surface area (Å²) in [5.41, 5.74) is 3.07. The maximum absolute atomic E-state index is 13.5. The number of carbonyl (C=O) groups excluding carboxylic acids is 1. The predicted octanol–water partition coefficient (Wildman–Crippen LogP) is 11.0. The van der Waals surface area contributed by atoms with Gasteiger partial charge in [-0.25, -0.2) is 38.3 Å². The lowest BCUT2D eigenvalue weighted by Gasteiger charge is -2.13. The fourth-order valence-electron chi connectivity index (χ4n) is 5.58. The number of ether oxygens (including phenoxy) is 1. The summed E-state index contributed by atoms with van der Waals surface area (Å²) in [4.78, 5) is 57.1. The number of pyridine rings is 2. The van der Waals surface area contributed by atoms with E-state index in [1.165, 1.54) is 95.2 Å². The quantitative estimate of drug-likeness (QED) is 0.103. The molecule has 16 nitrogen and oxygen atoms in total. The molecule has 6 aromatic heterocycles. The Hall–Kier alpha value is -6.54. The van der Waals surface area contributed by atoms with Gasteiger partial charge in [0.25, 0.3) is 0 Å². The van der Waals surface area contributed by atoms with Gasteiger partial charge in [-0.15, -0.1) is 0 Å². The number of imidazole rings is 2. The molecule has 0 radical (unpaired) electrons. The van der Waals surface area contributed by atoms with Crippen LogP contribution in [0.5, 0.6) is 0 Å². The Morgan fingerprint density at radius 3 is 1.50 bits per heavy atom. The summed E-state index contributed by atoms with van der Waals surface area (Å²) in [5, 5.41) is 15.4. The molecule has 3 N–H and O–H groups in total. The number of carbonyl (C=O) groups is 2. The molecule has 0 saturated carbocycles. The van der Waals surface area contributed by atoms with Crippen molar-refractivity contribution in [2.75, 3.05) is 17.2 Å². The van der Waals surface area contributed by atoms with Crippen molar-refractivity contribution in [2.45, 2.75) is 6.92 Å². The number of anilines is 4. The summed E-state index contributed by atoms with van der Waals surface area (Å²) < 4.78 is 34.8. The van der Waals surface area contributed by atoms with E-state index in [0.717, 1.165) is 0 Å². The smallest absolute Gasteiger partial charge is 0.339 e. The zero-order valence-corrected chi connectivity index (χ0v) is 36.6. The predicted molar refractivity (Wildman–Crippen MR) is 237 cm³/mol. The number of aromatic carboxylic acids is 1. The maximum atomic E-state index is 13.5. The van der Waals surface area contributed by atoms with Crippen LogP contribution in [0, 0.1) is 11.6 Å². The topological polar surface area (TPSA) is 201 Å². The summed E-state index contributed by atoms with van der Waals surface area (Å²) in [6.45, 7) is 1.94. The minimum absolute atomic E-state index is 0.0126. The van der Waals surface area contributed by atoms with Gasteiger partial charge in [-0.3, -0.25) is 19.1 Å². The van der Waals surface area contributed by atoms with E-state index in [4.69, 9.17) is 74.3 Å². The van der Waals surface area contributed by atoms with Gasteiger partial charge in [0.05, 0.1) is 27.8 Å². The highest BCUT2D eigenvalue weighted by Gasteiger charge is 2.20. The number of rotatable bonds is 11. The van der Waals surface area contributed by atoms with Crippen molar-refractivity contribution >= 4 is 105 Å². The van der Waals surface area contributed by atoms with Crippen molar-refractivity contribution in [3.8, 4) is 33.9 Å². The van der Waals surface area contributed by atoms with Gasteiger partial charge >= 0.3 is 11.9 Å². The summed E-state index contributed by atoms with van der Waals surface area (Å²) in [6.07, 6.45) is 11.4. The molecule has 0 unspecified atom stereocenters. The van der Waals surface area contributed by atoms with E-state index >= 15 is 0 Å². The molecule has 0 aliphatic heterocycles. The summed E-state index contributed by atoms with van der Waals surface area (Å²) in [5.74, 6) is -1.86. The van der Waals surface area contributed by atoms with Gasteiger partial charge in [-0.05, 0) is 55.5 Å². The van der Waals surface area contributed by atoms with E-state index < -0.39 is 23.6 Å². The number of carboxylic acids is 1. The largest absolute Gasteiger partial charge is 0.478 e. The lowest BCUT2D eigenvalue weighted by Crippen LogP contribution is -2.07. The molecule has 6 heterocycles. The molecule has 0 amide bonds. The fourth-order valence-corrected chi connectivity index (χ4v) is 6.56. The van der Waals surface area contributed by atoms with E-state index in [-0.39, 0.29) is 66.1 Å². The third-order valence-electron chi connectivity index (χ3n) is 8.54. The molecule has 0 bridgehead atoms. The van der Waals surface area contributed by atoms with Crippen molar-refractivity contribution in [1.29, 1.82) is 0 Å². The van der Waals surface area contributed by atoms with Crippen molar-refractivity contribution < 1.29 is 28.2 Å². The first kappa shape index (κ1) is 45.5. The van der Waals surface area contributed by atoms with Crippen LogP contribution in [0.1, 0.15) is 27.6 Å². The Bertz CT molecular complexity index is 3070. The summed E-state index contributed by atoms with van der Waals surface area (Å²) >= 11 is 36.3. The molecule has 0 aliphatic carbocycles. The third-order valence-corrected chi connectivity index (χ3v) is 10.6. The first-order valence-corrected chi connectivity index (χ1v) is 20.2. The number of nitrogens with one attached hydrogen (secondary N) is 2. The molecule has 24 heteroatoms. The van der Waals surface area contributed by atoms with Crippen LogP contribution in [0.2, 0.25) is 30.7 Å². The van der Waals surface area contributed by atoms with Crippen molar-refractivity contribution in [2.24, 2.45) is 0 Å². The molecule has 8 rings (SSSR count). The lowest BCUT2D eigenvalue weighted by molar-refractivity contribution is 0.0525. The van der Waals surface area contributed by atoms with E-state index in [0.29, 0.717) is 39.4 Å². The molecule has 0 saturated heterocycles. The van der Waals surface area contributed by atoms with Crippen LogP contribution >= 0.6 is 69.6 Å². The SMILES string of the molecule is CCOC(=O)c1cncc(-c2cnc(Nc3ccc(F)c(Cl)c3)nc2-n2cnc(Cl)c2Cl)c1.O=C(O)c1cncc(-c2cnc(Nc3ccc(F)c(Cl)c3)nc2-n2cnc(Cl)c2Cl)c1. The molecule has 0 fully saturated rings. The second-order valence-electron chi connectivity index (χ2n) is 12.7. The van der Waals surface area contributed by atoms with Gasteiger partial charge in [0.1, 0.15) is 24.3 Å². The van der Waals surface area contributed by atoms with Crippen LogP contribution in [0.25, 0.3) is 33.9 Å².